The van der Waals surface area contributed by atoms with Crippen LogP contribution < -0.4 is 14.8 Å². The molecule has 4 nitrogen and oxygen atoms in total. The normalized spacial score (nSPS) is 13.0. The molecule has 0 radical (unpaired) electrons. The highest BCUT2D eigenvalue weighted by Gasteiger charge is 2.14. The van der Waals surface area contributed by atoms with Crippen molar-refractivity contribution in [3.05, 3.63) is 46.7 Å². The molecule has 0 aliphatic carbocycles. The maximum Gasteiger partial charge on any atom is 0.161 e. The first-order chi connectivity index (χ1) is 10.2. The zero-order chi connectivity index (χ0) is 14.8. The largest absolute Gasteiger partial charge is 0.493 e. The number of halogens is 1. The summed E-state index contributed by atoms with van der Waals surface area (Å²) in [4.78, 5) is 4.34. The molecule has 0 bridgehead atoms. The van der Waals surface area contributed by atoms with Crippen LogP contribution >= 0.6 is 11.6 Å². The molecule has 1 aromatic heterocycles. The Hall–Kier alpha value is -2.20. The Balaban J connectivity index is 2.01. The highest BCUT2D eigenvalue weighted by Crippen LogP contribution is 2.33. The smallest absolute Gasteiger partial charge is 0.161 e. The van der Waals surface area contributed by atoms with Crippen LogP contribution in [-0.4, -0.2) is 25.7 Å². The predicted molar refractivity (Wildman–Crippen MR) is 85.2 cm³/mol. The van der Waals surface area contributed by atoms with Crippen molar-refractivity contribution in [1.82, 2.24) is 4.98 Å². The summed E-state index contributed by atoms with van der Waals surface area (Å²) in [5, 5.41) is 3.83. The van der Waals surface area contributed by atoms with Crippen LogP contribution in [0.1, 0.15) is 11.3 Å². The predicted octanol–water partition coefficient (Wildman–Crippen LogP) is 3.72. The van der Waals surface area contributed by atoms with Crippen LogP contribution in [0.25, 0.3) is 11.6 Å². The topological polar surface area (TPSA) is 43.4 Å². The number of anilines is 1. The molecule has 1 aliphatic rings. The molecule has 0 saturated carbocycles. The molecule has 0 amide bonds. The number of hydrogen-bond donors (Lipinski definition) is 1. The Labute approximate surface area is 128 Å². The minimum absolute atomic E-state index is 0.486. The lowest BCUT2D eigenvalue weighted by atomic mass is 10.0. The third kappa shape index (κ3) is 2.67. The van der Waals surface area contributed by atoms with Gasteiger partial charge in [0.2, 0.25) is 0 Å². The number of methoxy groups -OCH3 is 2. The summed E-state index contributed by atoms with van der Waals surface area (Å²) in [6.45, 7) is 0.728. The van der Waals surface area contributed by atoms with E-state index in [9.17, 15) is 0 Å². The van der Waals surface area contributed by atoms with Crippen molar-refractivity contribution in [2.45, 2.75) is 0 Å². The van der Waals surface area contributed by atoms with Crippen molar-refractivity contribution in [3.63, 3.8) is 0 Å². The van der Waals surface area contributed by atoms with Gasteiger partial charge >= 0.3 is 0 Å². The number of rotatable bonds is 3. The Kier molecular flexibility index (Phi) is 3.71. The van der Waals surface area contributed by atoms with E-state index in [2.05, 4.69) is 10.3 Å². The molecule has 0 fully saturated rings. The van der Waals surface area contributed by atoms with E-state index in [1.165, 1.54) is 0 Å². The van der Waals surface area contributed by atoms with Crippen molar-refractivity contribution < 1.29 is 9.47 Å². The van der Waals surface area contributed by atoms with E-state index in [1.807, 2.05) is 30.3 Å². The minimum atomic E-state index is 0.486. The molecule has 1 aromatic carbocycles. The van der Waals surface area contributed by atoms with Crippen molar-refractivity contribution in [1.29, 1.82) is 0 Å². The van der Waals surface area contributed by atoms with Gasteiger partial charge < -0.3 is 14.8 Å². The number of benzene rings is 1. The van der Waals surface area contributed by atoms with E-state index < -0.39 is 0 Å². The molecule has 0 unspecified atom stereocenters. The molecule has 3 rings (SSSR count). The number of fused-ring (bicyclic) bond motifs is 1. The second-order valence-electron chi connectivity index (χ2n) is 4.66. The van der Waals surface area contributed by atoms with Crippen LogP contribution in [0.4, 0.5) is 5.69 Å². The van der Waals surface area contributed by atoms with Crippen LogP contribution in [0.3, 0.4) is 0 Å². The second kappa shape index (κ2) is 5.66. The lowest BCUT2D eigenvalue weighted by molar-refractivity contribution is 0.355. The minimum Gasteiger partial charge on any atom is -0.493 e. The summed E-state index contributed by atoms with van der Waals surface area (Å²) in [5.41, 5.74) is 4.02. The molecule has 0 spiro atoms. The molecule has 108 valence electrons. The fourth-order valence-corrected chi connectivity index (χ4v) is 2.49. The van der Waals surface area contributed by atoms with Gasteiger partial charge in [0.05, 0.1) is 25.6 Å². The standard InChI is InChI=1S/C16H15ClN2O2/c1-20-14-5-3-10(8-15(14)21-2)11-7-13-12(18-9-11)4-6-16(17)19-13/h3-8,18H,9H2,1-2H3. The van der Waals surface area contributed by atoms with Gasteiger partial charge in [0.15, 0.2) is 11.5 Å². The summed E-state index contributed by atoms with van der Waals surface area (Å²) in [7, 11) is 3.26. The van der Waals surface area contributed by atoms with Gasteiger partial charge in [-0.05, 0) is 41.5 Å². The summed E-state index contributed by atoms with van der Waals surface area (Å²) >= 11 is 5.95. The van der Waals surface area contributed by atoms with E-state index in [0.29, 0.717) is 16.7 Å². The fourth-order valence-electron chi connectivity index (χ4n) is 2.34. The van der Waals surface area contributed by atoms with Crippen LogP contribution in [0.2, 0.25) is 5.15 Å². The highest BCUT2D eigenvalue weighted by molar-refractivity contribution is 6.29. The molecule has 21 heavy (non-hydrogen) atoms. The highest BCUT2D eigenvalue weighted by atomic mass is 35.5. The van der Waals surface area contributed by atoms with Gasteiger partial charge in [-0.1, -0.05) is 17.7 Å². The second-order valence-corrected chi connectivity index (χ2v) is 5.05. The van der Waals surface area contributed by atoms with Crippen LogP contribution in [0.5, 0.6) is 11.5 Å². The summed E-state index contributed by atoms with van der Waals surface area (Å²) in [6, 6.07) is 9.58. The molecule has 1 N–H and O–H groups in total. The van der Waals surface area contributed by atoms with Crippen LogP contribution in [0.15, 0.2) is 30.3 Å². The fraction of sp³-hybridized carbons (Fsp3) is 0.188. The van der Waals surface area contributed by atoms with Gasteiger partial charge in [-0.15, -0.1) is 0 Å². The Bertz CT molecular complexity index is 713. The van der Waals surface area contributed by atoms with Gasteiger partial charge in [-0.2, -0.15) is 0 Å². The van der Waals surface area contributed by atoms with Crippen LogP contribution in [0, 0.1) is 0 Å². The maximum atomic E-state index is 5.95. The van der Waals surface area contributed by atoms with Gasteiger partial charge in [-0.25, -0.2) is 4.98 Å². The van der Waals surface area contributed by atoms with Crippen molar-refractivity contribution in [2.24, 2.45) is 0 Å². The van der Waals surface area contributed by atoms with Crippen molar-refractivity contribution in [2.75, 3.05) is 26.1 Å². The number of aromatic nitrogens is 1. The lowest BCUT2D eigenvalue weighted by Gasteiger charge is -2.19. The SMILES string of the molecule is COc1ccc(C2=Cc3nc(Cl)ccc3NC2)cc1OC. The molecular formula is C16H15ClN2O2. The molecule has 2 aromatic rings. The molecule has 1 aliphatic heterocycles. The Morgan fingerprint density at radius 3 is 2.67 bits per heavy atom. The third-order valence-electron chi connectivity index (χ3n) is 3.43. The van der Waals surface area contributed by atoms with Gasteiger partial charge in [-0.3, -0.25) is 0 Å². The zero-order valence-electron chi connectivity index (χ0n) is 11.8. The first-order valence-corrected chi connectivity index (χ1v) is 6.92. The van der Waals surface area contributed by atoms with E-state index in [0.717, 1.165) is 29.1 Å². The van der Waals surface area contributed by atoms with E-state index in [-0.39, 0.29) is 0 Å². The molecule has 2 heterocycles. The Morgan fingerprint density at radius 2 is 1.90 bits per heavy atom. The average Bonchev–Trinajstić information content (AvgIpc) is 2.53. The van der Waals surface area contributed by atoms with Crippen molar-refractivity contribution in [3.8, 4) is 11.5 Å². The third-order valence-corrected chi connectivity index (χ3v) is 3.64. The molecule has 0 atom stereocenters. The van der Waals surface area contributed by atoms with Crippen molar-refractivity contribution >= 4 is 28.9 Å². The van der Waals surface area contributed by atoms with Gasteiger partial charge in [0.25, 0.3) is 0 Å². The molecule has 0 saturated heterocycles. The molecule has 5 heteroatoms. The first kappa shape index (κ1) is 13.8. The van der Waals surface area contributed by atoms with E-state index >= 15 is 0 Å². The van der Waals surface area contributed by atoms with Gasteiger partial charge in [0.1, 0.15) is 5.15 Å². The summed E-state index contributed by atoms with van der Waals surface area (Å²) < 4.78 is 10.6. The number of pyridine rings is 1. The molecular weight excluding hydrogens is 288 g/mol. The number of hydrogen-bond acceptors (Lipinski definition) is 4. The quantitative estimate of drug-likeness (QED) is 0.878. The van der Waals surface area contributed by atoms with E-state index in [4.69, 9.17) is 21.1 Å². The monoisotopic (exact) mass is 302 g/mol. The number of nitrogens with one attached hydrogen (secondary N) is 1. The average molecular weight is 303 g/mol. The zero-order valence-corrected chi connectivity index (χ0v) is 12.6. The Morgan fingerprint density at radius 1 is 1.10 bits per heavy atom. The maximum absolute atomic E-state index is 5.95. The summed E-state index contributed by atoms with van der Waals surface area (Å²) in [6.07, 6.45) is 2.04. The van der Waals surface area contributed by atoms with E-state index in [1.54, 1.807) is 20.3 Å². The number of nitrogens with zero attached hydrogens (tertiary/aromatic N) is 1. The number of ether oxygens (including phenoxy) is 2. The van der Waals surface area contributed by atoms with Crippen LogP contribution in [-0.2, 0) is 0 Å². The van der Waals surface area contributed by atoms with Gasteiger partial charge in [0, 0.05) is 6.54 Å². The summed E-state index contributed by atoms with van der Waals surface area (Å²) in [5.74, 6) is 1.42. The lowest BCUT2D eigenvalue weighted by Crippen LogP contribution is -2.11. The first-order valence-electron chi connectivity index (χ1n) is 6.54.